The molecular weight excluding hydrogens is 394 g/mol. The van der Waals surface area contributed by atoms with E-state index >= 15 is 0 Å². The van der Waals surface area contributed by atoms with Crippen molar-refractivity contribution in [2.75, 3.05) is 6.54 Å². The Kier molecular flexibility index (Phi) is 6.15. The van der Waals surface area contributed by atoms with Gasteiger partial charge in [-0.05, 0) is 43.5 Å². The number of carbonyl (C=O) groups excluding carboxylic acids is 1. The first-order valence-corrected chi connectivity index (χ1v) is 10.6. The molecule has 0 aliphatic heterocycles. The molecular formula is C25H24ClN3O. The summed E-state index contributed by atoms with van der Waals surface area (Å²) in [6.07, 6.45) is 1.84. The van der Waals surface area contributed by atoms with Gasteiger partial charge in [-0.25, -0.2) is 0 Å². The highest BCUT2D eigenvalue weighted by molar-refractivity contribution is 6.31. The third-order valence-electron chi connectivity index (χ3n) is 5.25. The number of aryl methyl sites for hydroxylation is 1. The van der Waals surface area contributed by atoms with Crippen LogP contribution in [0.1, 0.15) is 24.9 Å². The van der Waals surface area contributed by atoms with Gasteiger partial charge in [0.25, 0.3) is 0 Å². The van der Waals surface area contributed by atoms with Crippen LogP contribution in [0.2, 0.25) is 5.02 Å². The third kappa shape index (κ3) is 4.39. The fourth-order valence-corrected chi connectivity index (χ4v) is 3.80. The predicted molar refractivity (Wildman–Crippen MR) is 123 cm³/mol. The molecule has 0 aliphatic carbocycles. The van der Waals surface area contributed by atoms with Gasteiger partial charge in [0, 0.05) is 22.5 Å². The molecule has 0 bridgehead atoms. The Morgan fingerprint density at radius 3 is 2.47 bits per heavy atom. The second-order valence-electron chi connectivity index (χ2n) is 7.38. The first-order valence-electron chi connectivity index (χ1n) is 10.2. The molecule has 0 saturated heterocycles. The molecule has 0 unspecified atom stereocenters. The Hall–Kier alpha value is -3.11. The highest BCUT2D eigenvalue weighted by Crippen LogP contribution is 2.31. The number of halogens is 1. The minimum atomic E-state index is -0.428. The molecule has 0 spiro atoms. The minimum absolute atomic E-state index is 0.0398. The van der Waals surface area contributed by atoms with Gasteiger partial charge in [0.2, 0.25) is 5.91 Å². The molecule has 4 nitrogen and oxygen atoms in total. The lowest BCUT2D eigenvalue weighted by Gasteiger charge is -2.14. The molecule has 0 saturated carbocycles. The number of hydrogen-bond acceptors (Lipinski definition) is 2. The lowest BCUT2D eigenvalue weighted by molar-refractivity contribution is -0.124. The lowest BCUT2D eigenvalue weighted by atomic mass is 10.1. The molecule has 1 heterocycles. The summed E-state index contributed by atoms with van der Waals surface area (Å²) in [7, 11) is 0. The van der Waals surface area contributed by atoms with Gasteiger partial charge in [-0.2, -0.15) is 5.10 Å². The molecule has 1 N–H and O–H groups in total. The Balaban J connectivity index is 1.51. The van der Waals surface area contributed by atoms with Gasteiger partial charge in [-0.3, -0.25) is 9.48 Å². The number of carbonyl (C=O) groups is 1. The molecule has 1 atom stereocenters. The van der Waals surface area contributed by atoms with E-state index in [1.807, 2.05) is 73.7 Å². The fraction of sp³-hybridized carbons (Fsp3) is 0.200. The molecule has 5 heteroatoms. The summed E-state index contributed by atoms with van der Waals surface area (Å²) in [5.74, 6) is -0.0398. The maximum atomic E-state index is 12.8. The van der Waals surface area contributed by atoms with Crippen LogP contribution in [0.4, 0.5) is 0 Å². The minimum Gasteiger partial charge on any atom is -0.354 e. The molecule has 0 fully saturated rings. The Bertz CT molecular complexity index is 1140. The zero-order valence-electron chi connectivity index (χ0n) is 16.9. The summed E-state index contributed by atoms with van der Waals surface area (Å²) in [6.45, 7) is 2.51. The van der Waals surface area contributed by atoms with Crippen LogP contribution >= 0.6 is 11.6 Å². The average molecular weight is 418 g/mol. The topological polar surface area (TPSA) is 46.9 Å². The van der Waals surface area contributed by atoms with Crippen LogP contribution in [0, 0.1) is 0 Å². The molecule has 4 aromatic rings. The molecule has 0 aliphatic rings. The summed E-state index contributed by atoms with van der Waals surface area (Å²) < 4.78 is 1.79. The average Bonchev–Trinajstić information content (AvgIpc) is 3.16. The van der Waals surface area contributed by atoms with E-state index in [0.29, 0.717) is 11.6 Å². The van der Waals surface area contributed by atoms with Crippen molar-refractivity contribution in [3.63, 3.8) is 0 Å². The largest absolute Gasteiger partial charge is 0.354 e. The molecule has 0 radical (unpaired) electrons. The van der Waals surface area contributed by atoms with Crippen molar-refractivity contribution in [3.05, 3.63) is 89.4 Å². The van der Waals surface area contributed by atoms with Crippen LogP contribution in [-0.4, -0.2) is 22.2 Å². The summed E-state index contributed by atoms with van der Waals surface area (Å²) in [5.41, 5.74) is 4.00. The highest BCUT2D eigenvalue weighted by Gasteiger charge is 2.21. The number of benzene rings is 3. The fourth-order valence-electron chi connectivity index (χ4n) is 3.63. The molecule has 3 aromatic carbocycles. The Morgan fingerprint density at radius 1 is 1.03 bits per heavy atom. The maximum absolute atomic E-state index is 12.8. The van der Waals surface area contributed by atoms with Gasteiger partial charge >= 0.3 is 0 Å². The molecule has 1 aromatic heterocycles. The molecule has 30 heavy (non-hydrogen) atoms. The molecule has 152 valence electrons. The Labute approximate surface area is 181 Å². The third-order valence-corrected chi connectivity index (χ3v) is 5.48. The second kappa shape index (κ2) is 9.14. The zero-order valence-corrected chi connectivity index (χ0v) is 17.6. The van der Waals surface area contributed by atoms with E-state index in [-0.39, 0.29) is 5.91 Å². The smallest absolute Gasteiger partial charge is 0.244 e. The Morgan fingerprint density at radius 2 is 1.73 bits per heavy atom. The van der Waals surface area contributed by atoms with E-state index in [1.54, 1.807) is 4.68 Å². The van der Waals surface area contributed by atoms with Crippen molar-refractivity contribution in [1.82, 2.24) is 15.1 Å². The van der Waals surface area contributed by atoms with E-state index in [4.69, 9.17) is 16.7 Å². The molecule has 1 amide bonds. The summed E-state index contributed by atoms with van der Waals surface area (Å²) in [5, 5.41) is 9.44. The summed E-state index contributed by atoms with van der Waals surface area (Å²) >= 11 is 6.25. The number of amides is 1. The van der Waals surface area contributed by atoms with Crippen molar-refractivity contribution in [2.45, 2.75) is 25.8 Å². The van der Waals surface area contributed by atoms with E-state index in [0.717, 1.165) is 35.0 Å². The van der Waals surface area contributed by atoms with Gasteiger partial charge in [0.1, 0.15) is 11.7 Å². The van der Waals surface area contributed by atoms with Crippen LogP contribution < -0.4 is 5.32 Å². The highest BCUT2D eigenvalue weighted by atomic mass is 35.5. The van der Waals surface area contributed by atoms with E-state index in [1.165, 1.54) is 5.56 Å². The van der Waals surface area contributed by atoms with Gasteiger partial charge in [0.05, 0.1) is 5.52 Å². The van der Waals surface area contributed by atoms with Crippen LogP contribution in [0.5, 0.6) is 0 Å². The van der Waals surface area contributed by atoms with Gasteiger partial charge < -0.3 is 5.32 Å². The van der Waals surface area contributed by atoms with E-state index < -0.39 is 6.04 Å². The van der Waals surface area contributed by atoms with Crippen molar-refractivity contribution in [3.8, 4) is 11.3 Å². The number of fused-ring (bicyclic) bond motifs is 1. The normalized spacial score (nSPS) is 12.1. The zero-order chi connectivity index (χ0) is 20.9. The summed E-state index contributed by atoms with van der Waals surface area (Å²) in [4.78, 5) is 12.8. The lowest BCUT2D eigenvalue weighted by Crippen LogP contribution is -2.32. The number of hydrogen-bond donors (Lipinski definition) is 1. The monoisotopic (exact) mass is 417 g/mol. The van der Waals surface area contributed by atoms with E-state index in [9.17, 15) is 4.79 Å². The SMILES string of the molecule is C[C@H](C(=O)NCCCc1ccccc1)n1nc(-c2ccccc2)c2cc(Cl)ccc21. The van der Waals surface area contributed by atoms with Crippen LogP contribution in [-0.2, 0) is 11.2 Å². The second-order valence-corrected chi connectivity index (χ2v) is 7.81. The predicted octanol–water partition coefficient (Wildman–Crippen LogP) is 5.67. The van der Waals surface area contributed by atoms with Gasteiger partial charge in [-0.15, -0.1) is 0 Å². The number of rotatable bonds is 7. The van der Waals surface area contributed by atoms with Gasteiger partial charge in [-0.1, -0.05) is 72.3 Å². The van der Waals surface area contributed by atoms with E-state index in [2.05, 4.69) is 17.4 Å². The van der Waals surface area contributed by atoms with Crippen molar-refractivity contribution in [2.24, 2.45) is 0 Å². The maximum Gasteiger partial charge on any atom is 0.244 e. The molecule has 4 rings (SSSR count). The standard InChI is InChI=1S/C25H24ClN3O/c1-18(25(30)27-16-8-11-19-9-4-2-5-10-19)29-23-15-14-21(26)17-22(23)24(28-29)20-12-6-3-7-13-20/h2-7,9-10,12-15,17-18H,8,11,16H2,1H3,(H,27,30)/t18-/m1/s1. The number of nitrogens with zero attached hydrogens (tertiary/aromatic N) is 2. The van der Waals surface area contributed by atoms with Crippen molar-refractivity contribution in [1.29, 1.82) is 0 Å². The van der Waals surface area contributed by atoms with Gasteiger partial charge in [0.15, 0.2) is 0 Å². The number of nitrogens with one attached hydrogen (secondary N) is 1. The summed E-state index contributed by atoms with van der Waals surface area (Å²) in [6, 6.07) is 25.5. The van der Waals surface area contributed by atoms with Crippen LogP contribution in [0.15, 0.2) is 78.9 Å². The first kappa shape index (κ1) is 20.2. The quantitative estimate of drug-likeness (QED) is 0.394. The van der Waals surface area contributed by atoms with Crippen LogP contribution in [0.25, 0.3) is 22.2 Å². The first-order chi connectivity index (χ1) is 14.6. The number of aromatic nitrogens is 2. The van der Waals surface area contributed by atoms with Crippen molar-refractivity contribution < 1.29 is 4.79 Å². The van der Waals surface area contributed by atoms with Crippen molar-refractivity contribution >= 4 is 28.4 Å². The van der Waals surface area contributed by atoms with Crippen LogP contribution in [0.3, 0.4) is 0 Å².